The van der Waals surface area contributed by atoms with Crippen LogP contribution in [-0.2, 0) is 25.8 Å². The molecule has 4 N–H and O–H groups in total. The first kappa shape index (κ1) is 22.5. The summed E-state index contributed by atoms with van der Waals surface area (Å²) >= 11 is 2.12. The van der Waals surface area contributed by atoms with Crippen molar-refractivity contribution >= 4 is 51.9 Å². The molecule has 4 heterocycles. The van der Waals surface area contributed by atoms with Gasteiger partial charge in [0.2, 0.25) is 17.4 Å². The molecule has 2 aromatic rings. The lowest BCUT2D eigenvalue weighted by Gasteiger charge is -2.49. The Morgan fingerprint density at radius 2 is 2.30 bits per heavy atom. The standard InChI is InChI=1S/C17H15FN8O5S2/c1-31-23-9(12-22-17(19)33-24-12)13(27)21-10-14(28)26-11(16(29)30)7(5-32-15(10)26)3-25-4-8(18)2-20-6-25/h2,4,6,10,15H,3,5H2,1H3,(H3-,19,21,22,24,27,29,30)/p+1/b23-9-/t10-,15?/m1/s1. The molecule has 2 amide bonds. The summed E-state index contributed by atoms with van der Waals surface area (Å²) in [4.78, 5) is 50.9. The fraction of sp³-hybridized carbons (Fsp3) is 0.294. The summed E-state index contributed by atoms with van der Waals surface area (Å²) in [6.07, 6.45) is 3.55. The highest BCUT2D eigenvalue weighted by atomic mass is 32.2. The Kier molecular flexibility index (Phi) is 6.19. The van der Waals surface area contributed by atoms with Crippen LogP contribution in [0.5, 0.6) is 0 Å². The average molecular weight is 495 g/mol. The molecule has 0 spiro atoms. The quantitative estimate of drug-likeness (QED) is 0.182. The summed E-state index contributed by atoms with van der Waals surface area (Å²) in [7, 11) is 1.23. The van der Waals surface area contributed by atoms with E-state index in [4.69, 9.17) is 5.73 Å². The molecule has 1 saturated heterocycles. The summed E-state index contributed by atoms with van der Waals surface area (Å²) in [6.45, 7) is 0.0362. The van der Waals surface area contributed by atoms with Crippen molar-refractivity contribution in [1.82, 2.24) is 24.6 Å². The number of carbonyl (C=O) groups excluding carboxylic acids is 2. The second-order valence-electron chi connectivity index (χ2n) is 6.78. The number of carboxylic acids is 1. The number of amides is 2. The van der Waals surface area contributed by atoms with Gasteiger partial charge in [-0.25, -0.2) is 9.36 Å². The first-order valence-electron chi connectivity index (χ1n) is 9.21. The van der Waals surface area contributed by atoms with Crippen LogP contribution in [0.4, 0.5) is 9.52 Å². The van der Waals surface area contributed by atoms with E-state index in [0.29, 0.717) is 5.57 Å². The summed E-state index contributed by atoms with van der Waals surface area (Å²) in [5.74, 6) is -3.09. The van der Waals surface area contributed by atoms with Crippen LogP contribution in [0.3, 0.4) is 0 Å². The van der Waals surface area contributed by atoms with E-state index in [1.807, 2.05) is 0 Å². The first-order valence-corrected chi connectivity index (χ1v) is 11.0. The van der Waals surface area contributed by atoms with Crippen molar-refractivity contribution in [3.8, 4) is 0 Å². The molecule has 0 bridgehead atoms. The summed E-state index contributed by atoms with van der Waals surface area (Å²) in [5.41, 5.74) is 5.47. The summed E-state index contributed by atoms with van der Waals surface area (Å²) < 4.78 is 18.7. The molecule has 2 aliphatic rings. The van der Waals surface area contributed by atoms with E-state index in [1.165, 1.54) is 36.0 Å². The van der Waals surface area contributed by atoms with Gasteiger partial charge in [-0.05, 0) is 0 Å². The van der Waals surface area contributed by atoms with E-state index in [1.54, 1.807) is 0 Å². The molecule has 1 fully saturated rings. The number of aliphatic carboxylic acids is 1. The maximum atomic E-state index is 13.4. The zero-order valence-electron chi connectivity index (χ0n) is 16.8. The summed E-state index contributed by atoms with van der Waals surface area (Å²) in [5, 5.41) is 15.4. The van der Waals surface area contributed by atoms with Gasteiger partial charge < -0.3 is 21.0 Å². The topological polar surface area (TPSA) is 177 Å². The lowest BCUT2D eigenvalue weighted by atomic mass is 10.0. The number of fused-ring (bicyclic) bond motifs is 1. The van der Waals surface area contributed by atoms with E-state index < -0.39 is 35.0 Å². The molecule has 2 atom stereocenters. The number of halogens is 1. The molecule has 33 heavy (non-hydrogen) atoms. The minimum Gasteiger partial charge on any atom is -0.477 e. The predicted octanol–water partition coefficient (Wildman–Crippen LogP) is -1.27. The van der Waals surface area contributed by atoms with E-state index in [2.05, 4.69) is 29.7 Å². The molecule has 2 aromatic heterocycles. The van der Waals surface area contributed by atoms with Gasteiger partial charge in [0.05, 0.1) is 0 Å². The Morgan fingerprint density at radius 3 is 2.94 bits per heavy atom. The van der Waals surface area contributed by atoms with Crippen LogP contribution in [0.1, 0.15) is 5.82 Å². The number of hydrogen-bond donors (Lipinski definition) is 3. The van der Waals surface area contributed by atoms with Gasteiger partial charge in [0.1, 0.15) is 37.0 Å². The highest BCUT2D eigenvalue weighted by molar-refractivity contribution is 8.00. The fourth-order valence-electron chi connectivity index (χ4n) is 3.34. The number of oxime groups is 1. The molecule has 1 unspecified atom stereocenters. The smallest absolute Gasteiger partial charge is 0.352 e. The SMILES string of the molecule is CO/N=C(\C(=O)N[C@@H]1C(=O)N2C(C(=O)O)=C(C[n+]3cncc(F)c3)CSC12)c1nsc(N)n1. The number of hydrogen-bond acceptors (Lipinski definition) is 11. The highest BCUT2D eigenvalue weighted by Crippen LogP contribution is 2.40. The molecule has 4 rings (SSSR count). The number of β-lactam (4-membered cyclic amide) rings is 1. The van der Waals surface area contributed by atoms with E-state index in [9.17, 15) is 23.9 Å². The van der Waals surface area contributed by atoms with Gasteiger partial charge >= 0.3 is 5.97 Å². The fourth-order valence-corrected chi connectivity index (χ4v) is 5.11. The number of rotatable bonds is 7. The third-order valence-corrected chi connectivity index (χ3v) is 6.55. The van der Waals surface area contributed by atoms with Crippen molar-refractivity contribution in [1.29, 1.82) is 0 Å². The molecule has 0 saturated carbocycles. The van der Waals surface area contributed by atoms with Crippen molar-refractivity contribution < 1.29 is 33.3 Å². The number of anilines is 1. The van der Waals surface area contributed by atoms with Crippen LogP contribution in [-0.4, -0.2) is 72.1 Å². The van der Waals surface area contributed by atoms with Gasteiger partial charge in [0, 0.05) is 22.9 Å². The molecule has 2 aliphatic heterocycles. The molecule has 0 aliphatic carbocycles. The third-order valence-electron chi connectivity index (χ3n) is 4.66. The summed E-state index contributed by atoms with van der Waals surface area (Å²) in [6, 6.07) is -1.00. The number of thioether (sulfide) groups is 1. The molecule has 0 aromatic carbocycles. The van der Waals surface area contributed by atoms with Gasteiger partial charge in [-0.3, -0.25) is 14.5 Å². The van der Waals surface area contributed by atoms with Crippen molar-refractivity contribution in [2.75, 3.05) is 18.6 Å². The number of carboxylic acid groups (broad SMARTS) is 1. The number of nitrogens with zero attached hydrogens (tertiary/aromatic N) is 6. The van der Waals surface area contributed by atoms with Crippen molar-refractivity contribution in [3.63, 3.8) is 0 Å². The van der Waals surface area contributed by atoms with Crippen molar-refractivity contribution in [2.24, 2.45) is 5.16 Å². The van der Waals surface area contributed by atoms with E-state index in [0.717, 1.165) is 22.6 Å². The van der Waals surface area contributed by atoms with Gasteiger partial charge in [-0.1, -0.05) is 10.1 Å². The second-order valence-corrected chi connectivity index (χ2v) is 8.67. The van der Waals surface area contributed by atoms with E-state index in [-0.39, 0.29) is 34.7 Å². The minimum atomic E-state index is -1.30. The largest absolute Gasteiger partial charge is 0.477 e. The Balaban J connectivity index is 1.54. The monoisotopic (exact) mass is 495 g/mol. The average Bonchev–Trinajstić information content (AvgIpc) is 3.21. The first-order chi connectivity index (χ1) is 15.8. The Morgan fingerprint density at radius 1 is 1.52 bits per heavy atom. The third kappa shape index (κ3) is 4.34. The van der Waals surface area contributed by atoms with Crippen LogP contribution in [0.2, 0.25) is 0 Å². The van der Waals surface area contributed by atoms with Crippen LogP contribution < -0.4 is 15.6 Å². The Labute approximate surface area is 193 Å². The zero-order chi connectivity index (χ0) is 23.7. The van der Waals surface area contributed by atoms with Crippen LogP contribution in [0, 0.1) is 5.82 Å². The van der Waals surface area contributed by atoms with Crippen LogP contribution in [0.25, 0.3) is 0 Å². The lowest BCUT2D eigenvalue weighted by Crippen LogP contribution is -2.71. The molecular weight excluding hydrogens is 479 g/mol. The second kappa shape index (κ2) is 9.07. The minimum absolute atomic E-state index is 0.0362. The molecule has 0 radical (unpaired) electrons. The maximum Gasteiger partial charge on any atom is 0.352 e. The molecular formula is C17H16FN8O5S2+. The van der Waals surface area contributed by atoms with Gasteiger partial charge in [-0.15, -0.1) is 11.8 Å². The molecule has 172 valence electrons. The van der Waals surface area contributed by atoms with Crippen molar-refractivity contribution in [3.05, 3.63) is 41.6 Å². The number of carbonyl (C=O) groups is 3. The van der Waals surface area contributed by atoms with Gasteiger partial charge in [0.25, 0.3) is 18.1 Å². The number of nitrogen functional groups attached to an aromatic ring is 1. The van der Waals surface area contributed by atoms with Crippen LogP contribution >= 0.6 is 23.3 Å². The number of aromatic nitrogens is 4. The maximum absolute atomic E-state index is 13.4. The molecule has 13 nitrogen and oxygen atoms in total. The van der Waals surface area contributed by atoms with Crippen LogP contribution in [0.15, 0.2) is 35.1 Å². The highest BCUT2D eigenvalue weighted by Gasteiger charge is 2.54. The van der Waals surface area contributed by atoms with Gasteiger partial charge in [0.15, 0.2) is 11.3 Å². The Hall–Kier alpha value is -3.66. The normalized spacial score (nSPS) is 20.2. The van der Waals surface area contributed by atoms with Crippen molar-refractivity contribution in [2.45, 2.75) is 18.0 Å². The lowest BCUT2D eigenvalue weighted by molar-refractivity contribution is -0.693. The molecule has 16 heteroatoms. The Bertz CT molecular complexity index is 1200. The predicted molar refractivity (Wildman–Crippen MR) is 112 cm³/mol. The number of nitrogens with two attached hydrogens (primary N) is 1. The van der Waals surface area contributed by atoms with Gasteiger partial charge in [-0.2, -0.15) is 13.7 Å². The van der Waals surface area contributed by atoms with E-state index >= 15 is 0 Å². The number of nitrogens with one attached hydrogen (secondary N) is 1. The zero-order valence-corrected chi connectivity index (χ0v) is 18.5.